The smallest absolute Gasteiger partial charge is 0.309 e. The lowest BCUT2D eigenvalue weighted by Crippen LogP contribution is -3.15. The molecule has 2 amide bonds. The van der Waals surface area contributed by atoms with Gasteiger partial charge in [0.1, 0.15) is 19.1 Å². The monoisotopic (exact) mass is 403 g/mol. The van der Waals surface area contributed by atoms with Crippen molar-refractivity contribution in [2.45, 2.75) is 44.2 Å². The predicted molar refractivity (Wildman–Crippen MR) is 113 cm³/mol. The van der Waals surface area contributed by atoms with Gasteiger partial charge in [-0.25, -0.2) is 0 Å². The summed E-state index contributed by atoms with van der Waals surface area (Å²) in [4.78, 5) is 28.2. The molecular weight excluding hydrogens is 368 g/mol. The van der Waals surface area contributed by atoms with Gasteiger partial charge < -0.3 is 25.2 Å². The summed E-state index contributed by atoms with van der Waals surface area (Å²) < 4.78 is 5.51. The minimum absolute atomic E-state index is 0.0987. The second-order valence-electron chi connectivity index (χ2n) is 8.33. The molecule has 7 heteroatoms. The SMILES string of the molecule is CN(C)c1ccc([C@H](CNC(=O)C(=O)NC2CCCCC2)[NH+]2CCOCC2)cc1. The number of amides is 2. The van der Waals surface area contributed by atoms with Gasteiger partial charge in [-0.15, -0.1) is 0 Å². The summed E-state index contributed by atoms with van der Waals surface area (Å²) >= 11 is 0. The molecule has 7 nitrogen and oxygen atoms in total. The molecule has 0 spiro atoms. The molecule has 1 saturated heterocycles. The summed E-state index contributed by atoms with van der Waals surface area (Å²) in [5, 5.41) is 5.78. The molecule has 1 saturated carbocycles. The van der Waals surface area contributed by atoms with Gasteiger partial charge in [0.05, 0.1) is 19.8 Å². The summed E-state index contributed by atoms with van der Waals surface area (Å²) in [6.07, 6.45) is 5.40. The molecule has 2 fully saturated rings. The highest BCUT2D eigenvalue weighted by molar-refractivity contribution is 6.35. The van der Waals surface area contributed by atoms with Crippen LogP contribution in [0.1, 0.15) is 43.7 Å². The Morgan fingerprint density at radius 3 is 2.34 bits per heavy atom. The van der Waals surface area contributed by atoms with Gasteiger partial charge in [0.2, 0.25) is 0 Å². The number of quaternary nitrogens is 1. The maximum atomic E-state index is 12.4. The number of hydrogen-bond donors (Lipinski definition) is 3. The van der Waals surface area contributed by atoms with Crippen LogP contribution in [0.5, 0.6) is 0 Å². The molecule has 0 aromatic heterocycles. The number of hydrogen-bond acceptors (Lipinski definition) is 4. The van der Waals surface area contributed by atoms with E-state index in [2.05, 4.69) is 39.8 Å². The molecule has 160 valence electrons. The van der Waals surface area contributed by atoms with E-state index in [9.17, 15) is 9.59 Å². The Balaban J connectivity index is 1.61. The molecule has 1 aromatic carbocycles. The van der Waals surface area contributed by atoms with E-state index in [1.807, 2.05) is 14.1 Å². The first-order valence-corrected chi connectivity index (χ1v) is 10.8. The number of rotatable bonds is 6. The van der Waals surface area contributed by atoms with Gasteiger partial charge in [0.25, 0.3) is 0 Å². The van der Waals surface area contributed by atoms with Crippen LogP contribution in [-0.4, -0.2) is 64.8 Å². The van der Waals surface area contributed by atoms with E-state index in [0.29, 0.717) is 6.54 Å². The average Bonchev–Trinajstić information content (AvgIpc) is 2.75. The Labute approximate surface area is 173 Å². The standard InChI is InChI=1S/C22H34N4O3/c1-25(2)19-10-8-17(9-11-19)20(26-12-14-29-15-13-26)16-23-21(27)22(28)24-18-6-4-3-5-7-18/h8-11,18,20H,3-7,12-16H2,1-2H3,(H,23,27)(H,24,28)/p+1/t20-/m0/s1. The number of ether oxygens (including phenoxy) is 1. The fraction of sp³-hybridized carbons (Fsp3) is 0.636. The molecule has 1 aromatic rings. The third-order valence-corrected chi connectivity index (χ3v) is 6.05. The van der Waals surface area contributed by atoms with Crippen LogP contribution in [0.3, 0.4) is 0 Å². The first-order valence-electron chi connectivity index (χ1n) is 10.8. The van der Waals surface area contributed by atoms with Crippen molar-refractivity contribution in [3.05, 3.63) is 29.8 Å². The van der Waals surface area contributed by atoms with Crippen molar-refractivity contribution < 1.29 is 19.2 Å². The highest BCUT2D eigenvalue weighted by atomic mass is 16.5. The van der Waals surface area contributed by atoms with Gasteiger partial charge in [0, 0.05) is 31.4 Å². The van der Waals surface area contributed by atoms with Crippen LogP contribution in [-0.2, 0) is 14.3 Å². The summed E-state index contributed by atoms with van der Waals surface area (Å²) in [7, 11) is 4.04. The Bertz CT molecular complexity index is 665. The highest BCUT2D eigenvalue weighted by Crippen LogP contribution is 2.18. The fourth-order valence-electron chi connectivity index (χ4n) is 4.26. The van der Waals surface area contributed by atoms with Crippen LogP contribution < -0.4 is 20.4 Å². The van der Waals surface area contributed by atoms with E-state index in [4.69, 9.17) is 4.74 Å². The molecule has 0 bridgehead atoms. The summed E-state index contributed by atoms with van der Waals surface area (Å²) in [6, 6.07) is 8.68. The van der Waals surface area contributed by atoms with E-state index in [-0.39, 0.29) is 12.1 Å². The van der Waals surface area contributed by atoms with E-state index < -0.39 is 11.8 Å². The first kappa shape index (κ1) is 21.6. The Morgan fingerprint density at radius 1 is 1.07 bits per heavy atom. The van der Waals surface area contributed by atoms with Crippen LogP contribution in [0.2, 0.25) is 0 Å². The van der Waals surface area contributed by atoms with Gasteiger partial charge in [-0.2, -0.15) is 0 Å². The maximum Gasteiger partial charge on any atom is 0.309 e. The van der Waals surface area contributed by atoms with Gasteiger partial charge in [-0.05, 0) is 25.0 Å². The van der Waals surface area contributed by atoms with Crippen molar-refractivity contribution >= 4 is 17.5 Å². The number of nitrogens with zero attached hydrogens (tertiary/aromatic N) is 1. The summed E-state index contributed by atoms with van der Waals surface area (Å²) in [5.41, 5.74) is 2.31. The molecule has 1 heterocycles. The summed E-state index contributed by atoms with van der Waals surface area (Å²) in [5.74, 6) is -1.03. The van der Waals surface area contributed by atoms with Crippen molar-refractivity contribution in [2.24, 2.45) is 0 Å². The molecule has 3 rings (SSSR count). The number of nitrogens with one attached hydrogen (secondary N) is 3. The molecule has 0 unspecified atom stereocenters. The number of anilines is 1. The minimum atomic E-state index is -0.529. The molecule has 2 aliphatic rings. The zero-order chi connectivity index (χ0) is 20.6. The van der Waals surface area contributed by atoms with Crippen LogP contribution in [0.15, 0.2) is 24.3 Å². The van der Waals surface area contributed by atoms with E-state index in [1.165, 1.54) is 16.9 Å². The van der Waals surface area contributed by atoms with Gasteiger partial charge in [0.15, 0.2) is 0 Å². The number of carbonyl (C=O) groups is 2. The fourth-order valence-corrected chi connectivity index (χ4v) is 4.26. The number of morpholine rings is 1. The Hall–Kier alpha value is -2.12. The quantitative estimate of drug-likeness (QED) is 0.597. The topological polar surface area (TPSA) is 75.1 Å². The zero-order valence-corrected chi connectivity index (χ0v) is 17.7. The number of benzene rings is 1. The number of carbonyl (C=O) groups excluding carboxylic acids is 2. The molecule has 3 N–H and O–H groups in total. The van der Waals surface area contributed by atoms with Gasteiger partial charge in [-0.3, -0.25) is 9.59 Å². The van der Waals surface area contributed by atoms with Gasteiger partial charge >= 0.3 is 11.8 Å². The van der Waals surface area contributed by atoms with Crippen molar-refractivity contribution in [3.63, 3.8) is 0 Å². The molecule has 1 atom stereocenters. The lowest BCUT2D eigenvalue weighted by molar-refractivity contribution is -0.937. The lowest BCUT2D eigenvalue weighted by Gasteiger charge is -2.32. The Morgan fingerprint density at radius 2 is 1.72 bits per heavy atom. The Kier molecular flexibility index (Phi) is 7.89. The largest absolute Gasteiger partial charge is 0.378 e. The van der Waals surface area contributed by atoms with Crippen LogP contribution in [0, 0.1) is 0 Å². The van der Waals surface area contributed by atoms with E-state index in [1.54, 1.807) is 0 Å². The maximum absolute atomic E-state index is 12.4. The van der Waals surface area contributed by atoms with Crippen molar-refractivity contribution in [2.75, 3.05) is 51.8 Å². The second-order valence-corrected chi connectivity index (χ2v) is 8.33. The van der Waals surface area contributed by atoms with Crippen LogP contribution in [0.4, 0.5) is 5.69 Å². The third kappa shape index (κ3) is 6.18. The predicted octanol–water partition coefficient (Wildman–Crippen LogP) is 0.274. The van der Waals surface area contributed by atoms with Crippen LogP contribution in [0.25, 0.3) is 0 Å². The summed E-state index contributed by atoms with van der Waals surface area (Å²) in [6.45, 7) is 3.66. The normalized spacial score (nSPS) is 19.4. The van der Waals surface area contributed by atoms with Crippen molar-refractivity contribution in [1.82, 2.24) is 10.6 Å². The minimum Gasteiger partial charge on any atom is -0.378 e. The molecule has 1 aliphatic carbocycles. The van der Waals surface area contributed by atoms with Crippen molar-refractivity contribution in [1.29, 1.82) is 0 Å². The molecule has 0 radical (unpaired) electrons. The van der Waals surface area contributed by atoms with Gasteiger partial charge in [-0.1, -0.05) is 31.4 Å². The molecular formula is C22H35N4O3+. The zero-order valence-electron chi connectivity index (χ0n) is 17.7. The molecule has 1 aliphatic heterocycles. The van der Waals surface area contributed by atoms with Crippen LogP contribution >= 0.6 is 0 Å². The average molecular weight is 404 g/mol. The van der Waals surface area contributed by atoms with E-state index >= 15 is 0 Å². The third-order valence-electron chi connectivity index (χ3n) is 6.05. The van der Waals surface area contributed by atoms with Crippen molar-refractivity contribution in [3.8, 4) is 0 Å². The lowest BCUT2D eigenvalue weighted by atomic mass is 9.95. The highest BCUT2D eigenvalue weighted by Gasteiger charge is 2.28. The first-order chi connectivity index (χ1) is 14.0. The second kappa shape index (κ2) is 10.6. The van der Waals surface area contributed by atoms with E-state index in [0.717, 1.165) is 57.7 Å². The molecule has 29 heavy (non-hydrogen) atoms.